The zero-order valence-corrected chi connectivity index (χ0v) is 13.5. The molecular weight excluding hydrogens is 270 g/mol. The number of fused-ring (bicyclic) bond motifs is 1. The van der Waals surface area contributed by atoms with Crippen LogP contribution in [0.25, 0.3) is 0 Å². The molecule has 0 bridgehead atoms. The van der Waals surface area contributed by atoms with E-state index in [1.165, 1.54) is 17.1 Å². The van der Waals surface area contributed by atoms with E-state index in [-0.39, 0.29) is 0 Å². The van der Waals surface area contributed by atoms with Crippen molar-refractivity contribution in [1.29, 1.82) is 0 Å². The van der Waals surface area contributed by atoms with E-state index < -0.39 is 0 Å². The third-order valence-electron chi connectivity index (χ3n) is 3.44. The number of benzene rings is 1. The predicted molar refractivity (Wildman–Crippen MR) is 85.9 cm³/mol. The molecule has 112 valence electrons. The van der Waals surface area contributed by atoms with Crippen LogP contribution in [-0.4, -0.2) is 30.4 Å². The summed E-state index contributed by atoms with van der Waals surface area (Å²) < 4.78 is 10.7. The third-order valence-corrected chi connectivity index (χ3v) is 4.59. The molecule has 0 aliphatic carbocycles. The van der Waals surface area contributed by atoms with Crippen LogP contribution >= 0.6 is 11.8 Å². The SMILES string of the molecule is CCSCC(C)NC(C)CCc1ccc2c(c1)OCO2. The molecule has 0 saturated carbocycles. The minimum Gasteiger partial charge on any atom is -0.454 e. The van der Waals surface area contributed by atoms with Gasteiger partial charge in [-0.05, 0) is 50.1 Å². The first-order valence-corrected chi connectivity index (χ1v) is 8.56. The lowest BCUT2D eigenvalue weighted by atomic mass is 10.1. The van der Waals surface area contributed by atoms with Crippen LogP contribution in [0.3, 0.4) is 0 Å². The smallest absolute Gasteiger partial charge is 0.231 e. The first-order valence-electron chi connectivity index (χ1n) is 7.41. The number of nitrogens with one attached hydrogen (secondary N) is 1. The molecule has 3 nitrogen and oxygen atoms in total. The molecule has 1 aromatic rings. The van der Waals surface area contributed by atoms with Gasteiger partial charge >= 0.3 is 0 Å². The van der Waals surface area contributed by atoms with Crippen LogP contribution in [-0.2, 0) is 6.42 Å². The quantitative estimate of drug-likeness (QED) is 0.795. The number of hydrogen-bond acceptors (Lipinski definition) is 4. The highest BCUT2D eigenvalue weighted by Gasteiger charge is 2.13. The van der Waals surface area contributed by atoms with E-state index in [1.54, 1.807) is 0 Å². The van der Waals surface area contributed by atoms with Crippen molar-refractivity contribution in [2.75, 3.05) is 18.3 Å². The molecule has 0 saturated heterocycles. The molecule has 2 atom stereocenters. The van der Waals surface area contributed by atoms with Gasteiger partial charge in [0.15, 0.2) is 11.5 Å². The number of hydrogen-bond donors (Lipinski definition) is 1. The fourth-order valence-electron chi connectivity index (χ4n) is 2.39. The van der Waals surface area contributed by atoms with Crippen LogP contribution in [0, 0.1) is 0 Å². The Kier molecular flexibility index (Phi) is 6.05. The van der Waals surface area contributed by atoms with Crippen molar-refractivity contribution in [2.24, 2.45) is 0 Å². The van der Waals surface area contributed by atoms with Crippen molar-refractivity contribution < 1.29 is 9.47 Å². The number of aryl methyl sites for hydroxylation is 1. The van der Waals surface area contributed by atoms with E-state index in [9.17, 15) is 0 Å². The van der Waals surface area contributed by atoms with E-state index in [1.807, 2.05) is 17.8 Å². The maximum atomic E-state index is 5.41. The highest BCUT2D eigenvalue weighted by Crippen LogP contribution is 2.32. The first-order chi connectivity index (χ1) is 9.69. The van der Waals surface area contributed by atoms with Crippen molar-refractivity contribution in [2.45, 2.75) is 45.7 Å². The molecule has 1 N–H and O–H groups in total. The lowest BCUT2D eigenvalue weighted by Crippen LogP contribution is -2.36. The summed E-state index contributed by atoms with van der Waals surface area (Å²) in [5, 5.41) is 3.66. The summed E-state index contributed by atoms with van der Waals surface area (Å²) in [5.74, 6) is 4.13. The Bertz CT molecular complexity index is 425. The van der Waals surface area contributed by atoms with Crippen LogP contribution in [0.15, 0.2) is 18.2 Å². The molecule has 1 heterocycles. The monoisotopic (exact) mass is 295 g/mol. The molecule has 2 rings (SSSR count). The van der Waals surface area contributed by atoms with Crippen LogP contribution in [0.4, 0.5) is 0 Å². The second-order valence-corrected chi connectivity index (χ2v) is 6.67. The van der Waals surface area contributed by atoms with Gasteiger partial charge in [-0.2, -0.15) is 11.8 Å². The molecule has 1 aliphatic rings. The molecule has 20 heavy (non-hydrogen) atoms. The Labute approximate surface area is 126 Å². The van der Waals surface area contributed by atoms with Gasteiger partial charge in [0.25, 0.3) is 0 Å². The van der Waals surface area contributed by atoms with Crippen LogP contribution in [0.5, 0.6) is 11.5 Å². The average Bonchev–Trinajstić information content (AvgIpc) is 2.90. The summed E-state index contributed by atoms with van der Waals surface area (Å²) >= 11 is 1.99. The lowest BCUT2D eigenvalue weighted by molar-refractivity contribution is 0.174. The van der Waals surface area contributed by atoms with Gasteiger partial charge in [-0.25, -0.2) is 0 Å². The largest absolute Gasteiger partial charge is 0.454 e. The van der Waals surface area contributed by atoms with Gasteiger partial charge < -0.3 is 14.8 Å². The molecule has 0 aromatic heterocycles. The van der Waals surface area contributed by atoms with E-state index in [0.717, 1.165) is 24.3 Å². The molecule has 0 fully saturated rings. The Morgan fingerprint density at radius 3 is 2.80 bits per heavy atom. The van der Waals surface area contributed by atoms with E-state index in [2.05, 4.69) is 38.2 Å². The fourth-order valence-corrected chi connectivity index (χ4v) is 3.08. The summed E-state index contributed by atoms with van der Waals surface area (Å²) in [6, 6.07) is 7.36. The van der Waals surface area contributed by atoms with Gasteiger partial charge in [-0.3, -0.25) is 0 Å². The van der Waals surface area contributed by atoms with Gasteiger partial charge in [0.1, 0.15) is 0 Å². The number of rotatable bonds is 8. The molecule has 1 aromatic carbocycles. The minimum absolute atomic E-state index is 0.351. The topological polar surface area (TPSA) is 30.5 Å². The van der Waals surface area contributed by atoms with Crippen molar-refractivity contribution in [3.63, 3.8) is 0 Å². The van der Waals surface area contributed by atoms with E-state index in [0.29, 0.717) is 18.9 Å². The number of thioether (sulfide) groups is 1. The van der Waals surface area contributed by atoms with Gasteiger partial charge in [0.05, 0.1) is 0 Å². The average molecular weight is 295 g/mol. The summed E-state index contributed by atoms with van der Waals surface area (Å²) in [5.41, 5.74) is 1.32. The molecular formula is C16H25NO2S. The highest BCUT2D eigenvalue weighted by atomic mass is 32.2. The molecule has 2 unspecified atom stereocenters. The maximum absolute atomic E-state index is 5.41. The summed E-state index contributed by atoms with van der Waals surface area (Å²) in [4.78, 5) is 0. The summed E-state index contributed by atoms with van der Waals surface area (Å²) in [7, 11) is 0. The Hall–Kier alpha value is -0.870. The van der Waals surface area contributed by atoms with Crippen molar-refractivity contribution in [1.82, 2.24) is 5.32 Å². The standard InChI is InChI=1S/C16H25NO2S/c1-4-20-10-13(3)17-12(2)5-6-14-7-8-15-16(9-14)19-11-18-15/h7-9,12-13,17H,4-6,10-11H2,1-3H3. The number of ether oxygens (including phenoxy) is 2. The van der Waals surface area contributed by atoms with E-state index >= 15 is 0 Å². The second-order valence-electron chi connectivity index (χ2n) is 5.35. The lowest BCUT2D eigenvalue weighted by Gasteiger charge is -2.19. The Morgan fingerprint density at radius 1 is 1.20 bits per heavy atom. The minimum atomic E-state index is 0.351. The van der Waals surface area contributed by atoms with Crippen LogP contribution in [0.2, 0.25) is 0 Å². The molecule has 0 spiro atoms. The third kappa shape index (κ3) is 4.60. The van der Waals surface area contributed by atoms with Gasteiger partial charge in [0.2, 0.25) is 6.79 Å². The molecule has 4 heteroatoms. The van der Waals surface area contributed by atoms with Crippen LogP contribution < -0.4 is 14.8 Å². The zero-order valence-electron chi connectivity index (χ0n) is 12.6. The summed E-state index contributed by atoms with van der Waals surface area (Å²) in [6.45, 7) is 7.09. The fraction of sp³-hybridized carbons (Fsp3) is 0.625. The van der Waals surface area contributed by atoms with Crippen LogP contribution in [0.1, 0.15) is 32.8 Å². The van der Waals surface area contributed by atoms with Gasteiger partial charge in [-0.15, -0.1) is 0 Å². The van der Waals surface area contributed by atoms with Gasteiger partial charge in [-0.1, -0.05) is 13.0 Å². The molecule has 0 amide bonds. The Balaban J connectivity index is 1.74. The van der Waals surface area contributed by atoms with Crippen molar-refractivity contribution in [3.05, 3.63) is 23.8 Å². The van der Waals surface area contributed by atoms with E-state index in [4.69, 9.17) is 9.47 Å². The van der Waals surface area contributed by atoms with Gasteiger partial charge in [0, 0.05) is 17.8 Å². The zero-order chi connectivity index (χ0) is 14.4. The normalized spacial score (nSPS) is 16.1. The molecule has 1 aliphatic heterocycles. The maximum Gasteiger partial charge on any atom is 0.231 e. The molecule has 0 radical (unpaired) electrons. The summed E-state index contributed by atoms with van der Waals surface area (Å²) in [6.07, 6.45) is 2.21. The second kappa shape index (κ2) is 7.79. The Morgan fingerprint density at radius 2 is 2.00 bits per heavy atom. The highest BCUT2D eigenvalue weighted by molar-refractivity contribution is 7.99. The first kappa shape index (κ1) is 15.5. The predicted octanol–water partition coefficient (Wildman–Crippen LogP) is 3.47. The van der Waals surface area contributed by atoms with Crippen molar-refractivity contribution >= 4 is 11.8 Å². The van der Waals surface area contributed by atoms with Crippen molar-refractivity contribution in [3.8, 4) is 11.5 Å².